The van der Waals surface area contributed by atoms with Crippen LogP contribution in [0.15, 0.2) is 103 Å². The Morgan fingerprint density at radius 1 is 0.947 bits per heavy atom. The number of methoxy groups -OCH3 is 1. The van der Waals surface area contributed by atoms with Crippen molar-refractivity contribution in [1.82, 2.24) is 14.9 Å². The predicted octanol–water partition coefficient (Wildman–Crippen LogP) is 6.11. The van der Waals surface area contributed by atoms with E-state index >= 15 is 4.39 Å². The van der Waals surface area contributed by atoms with Gasteiger partial charge < -0.3 is 14.6 Å². The first-order chi connectivity index (χ1) is 18.6. The summed E-state index contributed by atoms with van der Waals surface area (Å²) in [5, 5.41) is 4.02. The number of nitrogens with zero attached hydrogens (tertiary/aromatic N) is 2. The fraction of sp³-hybridized carbons (Fsp3) is 0.188. The monoisotopic (exact) mass is 507 g/mol. The summed E-state index contributed by atoms with van der Waals surface area (Å²) in [5.41, 5.74) is 4.52. The minimum Gasteiger partial charge on any atom is -0.497 e. The van der Waals surface area contributed by atoms with E-state index in [0.29, 0.717) is 25.1 Å². The molecule has 5 nitrogen and oxygen atoms in total. The highest BCUT2D eigenvalue weighted by Crippen LogP contribution is 2.36. The molecule has 2 aromatic heterocycles. The molecule has 0 radical (unpaired) electrons. The number of rotatable bonds is 10. The SMILES string of the molecule is COc1ccc(Cn2cc([C@H](CC(=O)NCCc3ccccn3)c3ccccc3F)c3ccccc32)cc1. The highest BCUT2D eigenvalue weighted by Gasteiger charge is 2.25. The zero-order chi connectivity index (χ0) is 26.3. The van der Waals surface area contributed by atoms with Crippen LogP contribution >= 0.6 is 0 Å². The molecule has 192 valence electrons. The quantitative estimate of drug-likeness (QED) is 0.248. The van der Waals surface area contributed by atoms with E-state index in [1.54, 1.807) is 25.4 Å². The van der Waals surface area contributed by atoms with E-state index in [9.17, 15) is 4.79 Å². The van der Waals surface area contributed by atoms with Crippen LogP contribution in [0.1, 0.15) is 34.7 Å². The third kappa shape index (κ3) is 5.75. The van der Waals surface area contributed by atoms with E-state index in [4.69, 9.17) is 4.74 Å². The molecule has 5 rings (SSSR count). The first-order valence-electron chi connectivity index (χ1n) is 12.7. The number of fused-ring (bicyclic) bond motifs is 1. The predicted molar refractivity (Wildman–Crippen MR) is 148 cm³/mol. The van der Waals surface area contributed by atoms with Crippen molar-refractivity contribution in [2.24, 2.45) is 0 Å². The van der Waals surface area contributed by atoms with Gasteiger partial charge in [0.2, 0.25) is 5.91 Å². The van der Waals surface area contributed by atoms with Crippen molar-refractivity contribution in [3.05, 3.63) is 132 Å². The number of pyridine rings is 1. The molecule has 6 heteroatoms. The molecule has 0 bridgehead atoms. The molecule has 0 aliphatic carbocycles. The number of benzene rings is 3. The van der Waals surface area contributed by atoms with Crippen LogP contribution < -0.4 is 10.1 Å². The molecule has 0 saturated heterocycles. The van der Waals surface area contributed by atoms with Gasteiger partial charge >= 0.3 is 0 Å². The van der Waals surface area contributed by atoms with Crippen molar-refractivity contribution in [2.45, 2.75) is 25.3 Å². The smallest absolute Gasteiger partial charge is 0.220 e. The van der Waals surface area contributed by atoms with Gasteiger partial charge in [-0.3, -0.25) is 9.78 Å². The summed E-state index contributed by atoms with van der Waals surface area (Å²) in [6, 6.07) is 28.5. The highest BCUT2D eigenvalue weighted by molar-refractivity contribution is 5.86. The fourth-order valence-corrected chi connectivity index (χ4v) is 4.89. The molecule has 0 spiro atoms. The first kappa shape index (κ1) is 25.2. The van der Waals surface area contributed by atoms with Gasteiger partial charge in [0, 0.05) is 60.8 Å². The average molecular weight is 508 g/mol. The zero-order valence-corrected chi connectivity index (χ0v) is 21.3. The first-order valence-corrected chi connectivity index (χ1v) is 12.7. The van der Waals surface area contributed by atoms with Crippen LogP contribution in [0.2, 0.25) is 0 Å². The molecule has 5 aromatic rings. The largest absolute Gasteiger partial charge is 0.497 e. The molecule has 0 fully saturated rings. The zero-order valence-electron chi connectivity index (χ0n) is 21.3. The van der Waals surface area contributed by atoms with Crippen molar-refractivity contribution >= 4 is 16.8 Å². The summed E-state index contributed by atoms with van der Waals surface area (Å²) in [6.07, 6.45) is 4.58. The van der Waals surface area contributed by atoms with Crippen molar-refractivity contribution < 1.29 is 13.9 Å². The second-order valence-corrected chi connectivity index (χ2v) is 9.28. The van der Waals surface area contributed by atoms with Gasteiger partial charge in [-0.2, -0.15) is 0 Å². The Kier molecular flexibility index (Phi) is 7.78. The number of nitrogens with one attached hydrogen (secondary N) is 1. The molecule has 1 amide bonds. The van der Waals surface area contributed by atoms with E-state index in [1.807, 2.05) is 66.7 Å². The Balaban J connectivity index is 1.45. The lowest BCUT2D eigenvalue weighted by Crippen LogP contribution is -2.27. The van der Waals surface area contributed by atoms with Crippen molar-refractivity contribution in [1.29, 1.82) is 0 Å². The number of amides is 1. The van der Waals surface area contributed by atoms with Gasteiger partial charge in [-0.1, -0.05) is 54.6 Å². The highest BCUT2D eigenvalue weighted by atomic mass is 19.1. The summed E-state index contributed by atoms with van der Waals surface area (Å²) >= 11 is 0. The molecule has 38 heavy (non-hydrogen) atoms. The van der Waals surface area contributed by atoms with Crippen molar-refractivity contribution in [2.75, 3.05) is 13.7 Å². The molecule has 0 saturated carbocycles. The molecular weight excluding hydrogens is 477 g/mol. The van der Waals surface area contributed by atoms with Crippen LogP contribution in [0.4, 0.5) is 4.39 Å². The fourth-order valence-electron chi connectivity index (χ4n) is 4.89. The van der Waals surface area contributed by atoms with E-state index in [1.165, 1.54) is 6.07 Å². The Labute approximate surface area is 221 Å². The van der Waals surface area contributed by atoms with Gasteiger partial charge in [-0.05, 0) is 53.1 Å². The molecule has 0 unspecified atom stereocenters. The number of carbonyl (C=O) groups excluding carboxylic acids is 1. The topological polar surface area (TPSA) is 56.1 Å². The summed E-state index contributed by atoms with van der Waals surface area (Å²) < 4.78 is 22.6. The number of aromatic nitrogens is 2. The third-order valence-electron chi connectivity index (χ3n) is 6.81. The second kappa shape index (κ2) is 11.7. The normalized spacial score (nSPS) is 11.8. The number of para-hydroxylation sites is 1. The minimum atomic E-state index is -0.437. The van der Waals surface area contributed by atoms with Crippen LogP contribution in [-0.4, -0.2) is 29.1 Å². The van der Waals surface area contributed by atoms with Gasteiger partial charge in [0.15, 0.2) is 0 Å². The summed E-state index contributed by atoms with van der Waals surface area (Å²) in [5.74, 6) is -0.0690. The standard InChI is InChI=1S/C32H30FN3O2/c1-38-25-15-13-23(14-16-25)21-36-22-29(27-10-3-5-12-31(27)36)28(26-9-2-4-11-30(26)33)20-32(37)35-19-17-24-8-6-7-18-34-24/h2-16,18,22,28H,17,19-21H2,1H3,(H,35,37)/t28-/m1/s1. The molecule has 1 atom stereocenters. The maximum absolute atomic E-state index is 15.1. The molecular formula is C32H30FN3O2. The lowest BCUT2D eigenvalue weighted by molar-refractivity contribution is -0.121. The minimum absolute atomic E-state index is 0.124. The van der Waals surface area contributed by atoms with E-state index in [2.05, 4.69) is 27.1 Å². The lowest BCUT2D eigenvalue weighted by atomic mass is 9.87. The molecule has 3 aromatic carbocycles. The Morgan fingerprint density at radius 2 is 1.71 bits per heavy atom. The average Bonchev–Trinajstić information content (AvgIpc) is 3.31. The van der Waals surface area contributed by atoms with Crippen LogP contribution in [0.5, 0.6) is 5.75 Å². The molecule has 0 aliphatic heterocycles. The van der Waals surface area contributed by atoms with Gasteiger partial charge in [0.25, 0.3) is 0 Å². The third-order valence-corrected chi connectivity index (χ3v) is 6.81. The van der Waals surface area contributed by atoms with Gasteiger partial charge in [0.1, 0.15) is 11.6 Å². The van der Waals surface area contributed by atoms with E-state index in [0.717, 1.165) is 33.5 Å². The Morgan fingerprint density at radius 3 is 2.47 bits per heavy atom. The van der Waals surface area contributed by atoms with Crippen LogP contribution in [0, 0.1) is 5.82 Å². The number of ether oxygens (including phenoxy) is 1. The summed E-state index contributed by atoms with van der Waals surface area (Å²) in [4.78, 5) is 17.4. The van der Waals surface area contributed by atoms with Crippen LogP contribution in [0.3, 0.4) is 0 Å². The van der Waals surface area contributed by atoms with Crippen molar-refractivity contribution in [3.8, 4) is 5.75 Å². The second-order valence-electron chi connectivity index (χ2n) is 9.28. The molecule has 2 heterocycles. The number of hydrogen-bond donors (Lipinski definition) is 1. The number of halogens is 1. The molecule has 1 N–H and O–H groups in total. The lowest BCUT2D eigenvalue weighted by Gasteiger charge is -2.18. The number of hydrogen-bond acceptors (Lipinski definition) is 3. The maximum Gasteiger partial charge on any atom is 0.220 e. The van der Waals surface area contributed by atoms with Crippen molar-refractivity contribution in [3.63, 3.8) is 0 Å². The Bertz CT molecular complexity index is 1510. The van der Waals surface area contributed by atoms with E-state index in [-0.39, 0.29) is 18.1 Å². The summed E-state index contributed by atoms with van der Waals surface area (Å²) in [6.45, 7) is 1.11. The van der Waals surface area contributed by atoms with Gasteiger partial charge in [-0.25, -0.2) is 4.39 Å². The number of carbonyl (C=O) groups is 1. The van der Waals surface area contributed by atoms with Gasteiger partial charge in [0.05, 0.1) is 7.11 Å². The maximum atomic E-state index is 15.1. The van der Waals surface area contributed by atoms with Crippen LogP contribution in [0.25, 0.3) is 10.9 Å². The molecule has 0 aliphatic rings. The Hall–Kier alpha value is -4.45. The van der Waals surface area contributed by atoms with Gasteiger partial charge in [-0.15, -0.1) is 0 Å². The van der Waals surface area contributed by atoms with E-state index < -0.39 is 5.92 Å². The summed E-state index contributed by atoms with van der Waals surface area (Å²) in [7, 11) is 1.65. The van der Waals surface area contributed by atoms with Crippen LogP contribution in [-0.2, 0) is 17.8 Å².